The molecule has 2 aromatic rings. The lowest BCUT2D eigenvalue weighted by molar-refractivity contribution is 0.590. The van der Waals surface area contributed by atoms with E-state index in [2.05, 4.69) is 67.1 Å². The Labute approximate surface area is 129 Å². The van der Waals surface area contributed by atoms with Crippen LogP contribution >= 0.6 is 15.9 Å². The molecule has 20 heavy (non-hydrogen) atoms. The van der Waals surface area contributed by atoms with E-state index >= 15 is 0 Å². The summed E-state index contributed by atoms with van der Waals surface area (Å²) in [4.78, 5) is 0. The maximum absolute atomic E-state index is 6.03. The van der Waals surface area contributed by atoms with E-state index in [9.17, 15) is 0 Å². The number of rotatable bonds is 2. The van der Waals surface area contributed by atoms with E-state index < -0.39 is 0 Å². The van der Waals surface area contributed by atoms with Gasteiger partial charge in [-0.15, -0.1) is 0 Å². The maximum atomic E-state index is 6.03. The molecule has 0 aliphatic carbocycles. The Hall–Kier alpha value is -1.48. The largest absolute Gasteiger partial charge is 0.397 e. The number of nitrogens with two attached hydrogens (primary N) is 1. The Morgan fingerprint density at radius 3 is 2.20 bits per heavy atom. The molecule has 0 aliphatic rings. The molecule has 0 aromatic heterocycles. The van der Waals surface area contributed by atoms with Gasteiger partial charge >= 0.3 is 0 Å². The average molecular weight is 333 g/mol. The molecule has 0 saturated carbocycles. The highest BCUT2D eigenvalue weighted by Gasteiger charge is 2.14. The van der Waals surface area contributed by atoms with Gasteiger partial charge in [-0.2, -0.15) is 0 Å². The molecule has 0 unspecified atom stereocenters. The van der Waals surface area contributed by atoms with Crippen molar-refractivity contribution in [2.24, 2.45) is 0 Å². The second-order valence-corrected chi connectivity index (χ2v) is 7.05. The molecular formula is C17H21BrN2. The van der Waals surface area contributed by atoms with Crippen LogP contribution in [0.1, 0.15) is 31.9 Å². The summed E-state index contributed by atoms with van der Waals surface area (Å²) in [6, 6.07) is 12.4. The number of nitrogen functional groups attached to an aromatic ring is 1. The molecular weight excluding hydrogens is 312 g/mol. The summed E-state index contributed by atoms with van der Waals surface area (Å²) in [5.41, 5.74) is 11.5. The summed E-state index contributed by atoms with van der Waals surface area (Å²) >= 11 is 3.42. The van der Waals surface area contributed by atoms with Crippen molar-refractivity contribution in [2.45, 2.75) is 33.1 Å². The highest BCUT2D eigenvalue weighted by Crippen LogP contribution is 2.30. The van der Waals surface area contributed by atoms with Gasteiger partial charge < -0.3 is 11.1 Å². The van der Waals surface area contributed by atoms with Crippen LogP contribution in [0.4, 0.5) is 17.1 Å². The van der Waals surface area contributed by atoms with Crippen molar-refractivity contribution < 1.29 is 0 Å². The van der Waals surface area contributed by atoms with Crippen molar-refractivity contribution >= 4 is 33.0 Å². The Kier molecular flexibility index (Phi) is 4.09. The number of halogens is 1. The predicted molar refractivity (Wildman–Crippen MR) is 91.7 cm³/mol. The van der Waals surface area contributed by atoms with Gasteiger partial charge in [0.1, 0.15) is 0 Å². The Morgan fingerprint density at radius 1 is 1.00 bits per heavy atom. The quantitative estimate of drug-likeness (QED) is 0.724. The molecule has 2 nitrogen and oxygen atoms in total. The lowest BCUT2D eigenvalue weighted by Crippen LogP contribution is -2.11. The van der Waals surface area contributed by atoms with Crippen molar-refractivity contribution in [1.82, 2.24) is 0 Å². The van der Waals surface area contributed by atoms with Crippen molar-refractivity contribution in [2.75, 3.05) is 11.1 Å². The summed E-state index contributed by atoms with van der Waals surface area (Å²) in [6.07, 6.45) is 0. The van der Waals surface area contributed by atoms with Gasteiger partial charge in [-0.05, 0) is 47.7 Å². The van der Waals surface area contributed by atoms with Crippen LogP contribution in [0.5, 0.6) is 0 Å². The SMILES string of the molecule is Cc1cc(C(C)(C)C)ccc1Nc1ccc(Br)cc1N. The molecule has 0 fully saturated rings. The molecule has 3 N–H and O–H groups in total. The van der Waals surface area contributed by atoms with E-state index in [0.717, 1.165) is 21.5 Å². The molecule has 0 amide bonds. The summed E-state index contributed by atoms with van der Waals surface area (Å²) in [5.74, 6) is 0. The molecule has 0 radical (unpaired) electrons. The molecule has 0 saturated heterocycles. The molecule has 0 heterocycles. The number of nitrogens with one attached hydrogen (secondary N) is 1. The minimum Gasteiger partial charge on any atom is -0.397 e. The van der Waals surface area contributed by atoms with Crippen LogP contribution < -0.4 is 11.1 Å². The highest BCUT2D eigenvalue weighted by molar-refractivity contribution is 9.10. The summed E-state index contributed by atoms with van der Waals surface area (Å²) in [6.45, 7) is 8.79. The molecule has 0 spiro atoms. The third kappa shape index (κ3) is 3.34. The fourth-order valence-corrected chi connectivity index (χ4v) is 2.44. The van der Waals surface area contributed by atoms with Gasteiger partial charge in [0.2, 0.25) is 0 Å². The highest BCUT2D eigenvalue weighted by atomic mass is 79.9. The zero-order valence-corrected chi connectivity index (χ0v) is 14.0. The van der Waals surface area contributed by atoms with E-state index in [1.165, 1.54) is 11.1 Å². The van der Waals surface area contributed by atoms with Crippen molar-refractivity contribution in [1.29, 1.82) is 0 Å². The topological polar surface area (TPSA) is 38.0 Å². The van der Waals surface area contributed by atoms with Gasteiger partial charge in [-0.1, -0.05) is 48.8 Å². The smallest absolute Gasteiger partial charge is 0.0618 e. The van der Waals surface area contributed by atoms with Crippen LogP contribution in [0, 0.1) is 6.92 Å². The lowest BCUT2D eigenvalue weighted by Gasteiger charge is -2.21. The first-order chi connectivity index (χ1) is 9.27. The number of anilines is 3. The lowest BCUT2D eigenvalue weighted by atomic mass is 9.86. The van der Waals surface area contributed by atoms with Crippen LogP contribution in [-0.4, -0.2) is 0 Å². The molecule has 0 aliphatic heterocycles. The number of benzene rings is 2. The summed E-state index contributed by atoms with van der Waals surface area (Å²) < 4.78 is 0.986. The van der Waals surface area contributed by atoms with Gasteiger partial charge in [0.15, 0.2) is 0 Å². The zero-order chi connectivity index (χ0) is 14.9. The Balaban J connectivity index is 2.30. The molecule has 0 bridgehead atoms. The van der Waals surface area contributed by atoms with Gasteiger partial charge in [0.25, 0.3) is 0 Å². The first kappa shape index (κ1) is 14.9. The van der Waals surface area contributed by atoms with Gasteiger partial charge in [-0.3, -0.25) is 0 Å². The number of aryl methyl sites for hydroxylation is 1. The number of hydrogen-bond donors (Lipinski definition) is 2. The fraction of sp³-hybridized carbons (Fsp3) is 0.294. The maximum Gasteiger partial charge on any atom is 0.0618 e. The second kappa shape index (κ2) is 5.49. The van der Waals surface area contributed by atoms with E-state index in [1.54, 1.807) is 0 Å². The monoisotopic (exact) mass is 332 g/mol. The van der Waals surface area contributed by atoms with E-state index in [4.69, 9.17) is 5.73 Å². The third-order valence-electron chi connectivity index (χ3n) is 3.38. The van der Waals surface area contributed by atoms with Crippen molar-refractivity contribution in [3.05, 3.63) is 52.0 Å². The molecule has 106 valence electrons. The predicted octanol–water partition coefficient (Wildman–Crippen LogP) is 5.38. The molecule has 3 heteroatoms. The van der Waals surface area contributed by atoms with Crippen LogP contribution in [0.25, 0.3) is 0 Å². The van der Waals surface area contributed by atoms with E-state index in [0.29, 0.717) is 0 Å². The minimum atomic E-state index is 0.167. The molecule has 2 aromatic carbocycles. The first-order valence-electron chi connectivity index (χ1n) is 6.70. The van der Waals surface area contributed by atoms with Crippen LogP contribution in [0.2, 0.25) is 0 Å². The Morgan fingerprint density at radius 2 is 1.65 bits per heavy atom. The number of hydrogen-bond acceptors (Lipinski definition) is 2. The fourth-order valence-electron chi connectivity index (χ4n) is 2.06. The average Bonchev–Trinajstić information content (AvgIpc) is 2.33. The van der Waals surface area contributed by atoms with E-state index in [1.807, 2.05) is 18.2 Å². The Bertz CT molecular complexity index is 627. The van der Waals surface area contributed by atoms with Gasteiger partial charge in [-0.25, -0.2) is 0 Å². The summed E-state index contributed by atoms with van der Waals surface area (Å²) in [5, 5.41) is 3.40. The van der Waals surface area contributed by atoms with Gasteiger partial charge in [0, 0.05) is 10.2 Å². The standard InChI is InChI=1S/C17H21BrN2/c1-11-9-12(17(2,3)4)5-7-15(11)20-16-8-6-13(18)10-14(16)19/h5-10,20H,19H2,1-4H3. The normalized spacial score (nSPS) is 11.4. The van der Waals surface area contributed by atoms with Crippen LogP contribution in [0.3, 0.4) is 0 Å². The minimum absolute atomic E-state index is 0.167. The molecule has 0 atom stereocenters. The van der Waals surface area contributed by atoms with Crippen LogP contribution in [-0.2, 0) is 5.41 Å². The zero-order valence-electron chi connectivity index (χ0n) is 12.4. The van der Waals surface area contributed by atoms with Gasteiger partial charge in [0.05, 0.1) is 11.4 Å². The van der Waals surface area contributed by atoms with Crippen molar-refractivity contribution in [3.8, 4) is 0 Å². The molecule has 2 rings (SSSR count). The summed E-state index contributed by atoms with van der Waals surface area (Å²) in [7, 11) is 0. The third-order valence-corrected chi connectivity index (χ3v) is 3.87. The second-order valence-electron chi connectivity index (χ2n) is 6.14. The van der Waals surface area contributed by atoms with E-state index in [-0.39, 0.29) is 5.41 Å². The first-order valence-corrected chi connectivity index (χ1v) is 7.50. The van der Waals surface area contributed by atoms with Crippen molar-refractivity contribution in [3.63, 3.8) is 0 Å². The van der Waals surface area contributed by atoms with Crippen LogP contribution in [0.15, 0.2) is 40.9 Å².